The Labute approximate surface area is 114 Å². The highest BCUT2D eigenvalue weighted by atomic mass is 16.5. The van der Waals surface area contributed by atoms with Crippen molar-refractivity contribution in [3.63, 3.8) is 0 Å². The van der Waals surface area contributed by atoms with E-state index in [4.69, 9.17) is 4.74 Å². The molecule has 2 N–H and O–H groups in total. The molecule has 5 heteroatoms. The summed E-state index contributed by atoms with van der Waals surface area (Å²) in [5.74, 6) is 0.144. The van der Waals surface area contributed by atoms with Crippen molar-refractivity contribution < 1.29 is 9.53 Å². The number of ether oxygens (including phenoxy) is 1. The minimum absolute atomic E-state index is 0.144. The van der Waals surface area contributed by atoms with Gasteiger partial charge < -0.3 is 10.1 Å². The van der Waals surface area contributed by atoms with Gasteiger partial charge >= 0.3 is 0 Å². The Kier molecular flexibility index (Phi) is 4.96. The average Bonchev–Trinajstić information content (AvgIpc) is 2.85. The van der Waals surface area contributed by atoms with Gasteiger partial charge in [-0.05, 0) is 31.2 Å². The highest BCUT2D eigenvalue weighted by Crippen LogP contribution is 2.40. The van der Waals surface area contributed by atoms with Crippen LogP contribution in [0, 0.1) is 5.41 Å². The van der Waals surface area contributed by atoms with Gasteiger partial charge in [0, 0.05) is 31.7 Å². The zero-order chi connectivity index (χ0) is 13.6. The number of nitrogens with one attached hydrogen (secondary N) is 2. The van der Waals surface area contributed by atoms with E-state index in [0.717, 1.165) is 44.4 Å². The average molecular weight is 265 g/mol. The number of aryl methyl sites for hydroxylation is 1. The minimum atomic E-state index is 0.144. The van der Waals surface area contributed by atoms with Crippen LogP contribution in [0.1, 0.15) is 37.7 Å². The third kappa shape index (κ3) is 4.06. The predicted octanol–water partition coefficient (Wildman–Crippen LogP) is 1.67. The smallest absolute Gasteiger partial charge is 0.220 e. The van der Waals surface area contributed by atoms with Crippen LogP contribution in [0.5, 0.6) is 0 Å². The molecule has 1 aromatic rings. The maximum atomic E-state index is 11.8. The molecular formula is C14H23N3O2. The summed E-state index contributed by atoms with van der Waals surface area (Å²) in [6.07, 6.45) is 9.59. The molecule has 5 nitrogen and oxygen atoms in total. The van der Waals surface area contributed by atoms with Gasteiger partial charge in [0.1, 0.15) is 0 Å². The number of carbonyl (C=O) groups excluding carboxylic acids is 1. The monoisotopic (exact) mass is 265 g/mol. The Balaban J connectivity index is 1.61. The highest BCUT2D eigenvalue weighted by Gasteiger charge is 2.37. The van der Waals surface area contributed by atoms with Gasteiger partial charge in [-0.3, -0.25) is 9.89 Å². The molecular weight excluding hydrogens is 242 g/mol. The summed E-state index contributed by atoms with van der Waals surface area (Å²) in [5, 5.41) is 9.71. The quantitative estimate of drug-likeness (QED) is 0.751. The molecule has 0 spiro atoms. The number of amides is 1. The van der Waals surface area contributed by atoms with Crippen molar-refractivity contribution in [3.8, 4) is 0 Å². The Morgan fingerprint density at radius 3 is 3.00 bits per heavy atom. The fourth-order valence-electron chi connectivity index (χ4n) is 2.60. The van der Waals surface area contributed by atoms with Crippen molar-refractivity contribution in [2.45, 2.75) is 38.5 Å². The number of hydrogen-bond acceptors (Lipinski definition) is 3. The van der Waals surface area contributed by atoms with E-state index >= 15 is 0 Å². The minimum Gasteiger partial charge on any atom is -0.384 e. The molecule has 19 heavy (non-hydrogen) atoms. The van der Waals surface area contributed by atoms with E-state index in [1.165, 1.54) is 6.42 Å². The molecule has 0 aromatic carbocycles. The van der Waals surface area contributed by atoms with Crippen molar-refractivity contribution in [1.29, 1.82) is 0 Å². The molecule has 1 heterocycles. The first-order valence-electron chi connectivity index (χ1n) is 6.97. The Morgan fingerprint density at radius 1 is 1.58 bits per heavy atom. The molecule has 1 fully saturated rings. The Bertz CT molecular complexity index is 385. The van der Waals surface area contributed by atoms with Gasteiger partial charge in [-0.25, -0.2) is 0 Å². The van der Waals surface area contributed by atoms with Gasteiger partial charge in [0.25, 0.3) is 0 Å². The summed E-state index contributed by atoms with van der Waals surface area (Å²) < 4.78 is 5.25. The fourth-order valence-corrected chi connectivity index (χ4v) is 2.60. The van der Waals surface area contributed by atoms with Crippen molar-refractivity contribution in [3.05, 3.63) is 18.0 Å². The first-order valence-corrected chi connectivity index (χ1v) is 6.97. The Hall–Kier alpha value is -1.36. The lowest BCUT2D eigenvalue weighted by Gasteiger charge is -2.41. The molecule has 2 rings (SSSR count). The van der Waals surface area contributed by atoms with E-state index in [1.807, 2.05) is 6.20 Å². The molecule has 106 valence electrons. The number of methoxy groups -OCH3 is 1. The molecule has 1 aromatic heterocycles. The van der Waals surface area contributed by atoms with Gasteiger partial charge in [-0.15, -0.1) is 0 Å². The molecule has 0 radical (unpaired) electrons. The number of aromatic amines is 1. The predicted molar refractivity (Wildman–Crippen MR) is 72.7 cm³/mol. The summed E-state index contributed by atoms with van der Waals surface area (Å²) >= 11 is 0. The van der Waals surface area contributed by atoms with Gasteiger partial charge in [-0.1, -0.05) is 6.42 Å². The molecule has 1 amide bonds. The third-order valence-corrected chi connectivity index (χ3v) is 3.95. The molecule has 1 saturated carbocycles. The van der Waals surface area contributed by atoms with Gasteiger partial charge in [0.05, 0.1) is 12.8 Å². The van der Waals surface area contributed by atoms with Crippen LogP contribution in [0.15, 0.2) is 12.4 Å². The van der Waals surface area contributed by atoms with Crippen LogP contribution in [-0.4, -0.2) is 36.4 Å². The van der Waals surface area contributed by atoms with Crippen molar-refractivity contribution in [2.24, 2.45) is 5.41 Å². The topological polar surface area (TPSA) is 67.0 Å². The van der Waals surface area contributed by atoms with Crippen LogP contribution in [0.3, 0.4) is 0 Å². The number of H-pyrrole nitrogens is 1. The van der Waals surface area contributed by atoms with Crippen LogP contribution in [-0.2, 0) is 16.0 Å². The van der Waals surface area contributed by atoms with Crippen molar-refractivity contribution in [1.82, 2.24) is 15.5 Å². The van der Waals surface area contributed by atoms with E-state index in [1.54, 1.807) is 13.3 Å². The molecule has 0 aliphatic heterocycles. The Morgan fingerprint density at radius 2 is 2.42 bits per heavy atom. The lowest BCUT2D eigenvalue weighted by Crippen LogP contribution is -2.45. The largest absolute Gasteiger partial charge is 0.384 e. The van der Waals surface area contributed by atoms with Crippen LogP contribution < -0.4 is 5.32 Å². The van der Waals surface area contributed by atoms with E-state index in [2.05, 4.69) is 15.5 Å². The maximum Gasteiger partial charge on any atom is 0.220 e. The van der Waals surface area contributed by atoms with Crippen LogP contribution >= 0.6 is 0 Å². The lowest BCUT2D eigenvalue weighted by atomic mass is 9.69. The second-order valence-electron chi connectivity index (χ2n) is 5.52. The number of rotatable bonds is 8. The number of hydrogen-bond donors (Lipinski definition) is 2. The van der Waals surface area contributed by atoms with Crippen LogP contribution in [0.2, 0.25) is 0 Å². The summed E-state index contributed by atoms with van der Waals surface area (Å²) in [6, 6.07) is 0. The second kappa shape index (κ2) is 6.70. The summed E-state index contributed by atoms with van der Waals surface area (Å²) in [5.41, 5.74) is 1.36. The molecule has 1 aliphatic rings. The first kappa shape index (κ1) is 14.1. The van der Waals surface area contributed by atoms with E-state index < -0.39 is 0 Å². The SMILES string of the molecule is COCC1(CNC(=O)CCCc2cn[nH]c2)CCC1. The van der Waals surface area contributed by atoms with Gasteiger partial charge in [-0.2, -0.15) is 5.10 Å². The third-order valence-electron chi connectivity index (χ3n) is 3.95. The summed E-state index contributed by atoms with van der Waals surface area (Å²) in [6.45, 7) is 1.51. The zero-order valence-electron chi connectivity index (χ0n) is 11.6. The highest BCUT2D eigenvalue weighted by molar-refractivity contribution is 5.75. The van der Waals surface area contributed by atoms with E-state index in [9.17, 15) is 4.79 Å². The standard InChI is InChI=1S/C14H23N3O2/c1-19-11-14(6-3-7-14)10-15-13(18)5-2-4-12-8-16-17-9-12/h8-9H,2-7,10-11H2,1H3,(H,15,18)(H,16,17). The maximum absolute atomic E-state index is 11.8. The molecule has 0 atom stereocenters. The van der Waals surface area contributed by atoms with E-state index in [0.29, 0.717) is 6.42 Å². The number of aromatic nitrogens is 2. The van der Waals surface area contributed by atoms with Gasteiger partial charge in [0.15, 0.2) is 0 Å². The number of nitrogens with zero attached hydrogens (tertiary/aromatic N) is 1. The van der Waals surface area contributed by atoms with Crippen LogP contribution in [0.25, 0.3) is 0 Å². The first-order chi connectivity index (χ1) is 9.24. The summed E-state index contributed by atoms with van der Waals surface area (Å²) in [7, 11) is 1.73. The molecule has 0 saturated heterocycles. The molecule has 0 unspecified atom stereocenters. The molecule has 1 aliphatic carbocycles. The number of carbonyl (C=O) groups is 1. The van der Waals surface area contributed by atoms with E-state index in [-0.39, 0.29) is 11.3 Å². The van der Waals surface area contributed by atoms with Crippen molar-refractivity contribution in [2.75, 3.05) is 20.3 Å². The zero-order valence-corrected chi connectivity index (χ0v) is 11.6. The molecule has 0 bridgehead atoms. The van der Waals surface area contributed by atoms with Crippen molar-refractivity contribution >= 4 is 5.91 Å². The summed E-state index contributed by atoms with van der Waals surface area (Å²) in [4.78, 5) is 11.8. The lowest BCUT2D eigenvalue weighted by molar-refractivity contribution is -0.122. The second-order valence-corrected chi connectivity index (χ2v) is 5.52. The fraction of sp³-hybridized carbons (Fsp3) is 0.714. The normalized spacial score (nSPS) is 16.9. The van der Waals surface area contributed by atoms with Gasteiger partial charge in [0.2, 0.25) is 5.91 Å². The van der Waals surface area contributed by atoms with Crippen LogP contribution in [0.4, 0.5) is 0 Å².